The topological polar surface area (TPSA) is 154 Å². The number of nitrogens with one attached hydrogen (secondary N) is 1. The molecule has 0 spiro atoms. The Bertz CT molecular complexity index is 1730. The molecule has 1 aromatic carbocycles. The Morgan fingerprint density at radius 1 is 1.02 bits per heavy atom. The van der Waals surface area contributed by atoms with Crippen LogP contribution in [0.1, 0.15) is 124 Å². The summed E-state index contributed by atoms with van der Waals surface area (Å²) in [5, 5.41) is 13.9. The number of rotatable bonds is 12. The average Bonchev–Trinajstić information content (AvgIpc) is 3.12. The molecular formula is C45H65BrN2O8. The molecule has 56 heavy (non-hydrogen) atoms. The van der Waals surface area contributed by atoms with E-state index in [1.165, 1.54) is 12.5 Å². The molecule has 4 fully saturated rings. The van der Waals surface area contributed by atoms with E-state index in [0.29, 0.717) is 63.3 Å². The molecule has 6 rings (SSSR count). The lowest BCUT2D eigenvalue weighted by atomic mass is 9.34. The molecule has 12 atom stereocenters. The van der Waals surface area contributed by atoms with E-state index in [2.05, 4.69) is 75.8 Å². The van der Waals surface area contributed by atoms with Crippen LogP contribution in [0.3, 0.4) is 0 Å². The number of carbonyl (C=O) groups excluding carboxylic acids is 3. The largest absolute Gasteiger partial charge is 0.481 e. The summed E-state index contributed by atoms with van der Waals surface area (Å²) in [4.78, 5) is 52.4. The smallest absolute Gasteiger partial charge is 0.323 e. The highest BCUT2D eigenvalue weighted by Gasteiger charge is 2.72. The molecule has 1 amide bonds. The van der Waals surface area contributed by atoms with Crippen LogP contribution in [-0.2, 0) is 28.6 Å². The summed E-state index contributed by atoms with van der Waals surface area (Å²) in [6, 6.07) is 6.32. The van der Waals surface area contributed by atoms with E-state index in [9.17, 15) is 24.3 Å². The summed E-state index contributed by atoms with van der Waals surface area (Å²) in [6.45, 7) is 18.3. The standard InChI is InChI=1S/C45H65BrN2O8/c1-26(2)27(3)41(5)19-20-43(7)31-15-16-35-42(6)24-54-25-45(35,32(31)17-18-44(43,8)36(41)39(51)52)23-34(55-28(4)49)37(42)56-40(53)33(47)14-9-10-21-48-38(50)29-12-11-13-30(46)22-29/h11-13,17,22,26-27,31,33-37H,9-10,14-16,18-21,23-25,47H2,1-8H3,(H,48,50)(H,51,52)/t27-,31+,33?,34-,35+,36-,37+,41-,42-,43-,44+,45-/m1/s1. The first-order chi connectivity index (χ1) is 26.2. The third kappa shape index (κ3) is 7.07. The SMILES string of the molecule is CC(=O)O[C@@H]1C[C@]23COC[C@](C)([C@@H]2CC[C@H]2C3=CC[C@@]3(C)[C@H](C(=O)O)[C@@](C)([C@H](C)C(C)C)CC[C@]23C)[C@H]1OC(=O)C(N)CCCCNC(=O)c1cccc(Br)c1. The molecule has 0 aromatic heterocycles. The summed E-state index contributed by atoms with van der Waals surface area (Å²) in [7, 11) is 0. The molecule has 10 nitrogen and oxygen atoms in total. The number of nitrogens with two attached hydrogens (primary N) is 1. The van der Waals surface area contributed by atoms with Crippen molar-refractivity contribution in [2.75, 3.05) is 19.8 Å². The third-order valence-electron chi connectivity index (χ3n) is 16.2. The summed E-state index contributed by atoms with van der Waals surface area (Å²) < 4.78 is 19.8. The van der Waals surface area contributed by atoms with E-state index in [1.807, 2.05) is 12.1 Å². The normalized spacial score (nSPS) is 38.5. The first kappa shape index (κ1) is 42.8. The van der Waals surface area contributed by atoms with E-state index >= 15 is 0 Å². The predicted octanol–water partition coefficient (Wildman–Crippen LogP) is 8.11. The Morgan fingerprint density at radius 3 is 2.41 bits per heavy atom. The number of benzene rings is 1. The van der Waals surface area contributed by atoms with Crippen LogP contribution in [0.2, 0.25) is 0 Å². The quantitative estimate of drug-likeness (QED) is 0.108. The minimum atomic E-state index is -0.874. The number of unbranched alkanes of at least 4 members (excludes halogenated alkanes) is 1. The second-order valence-corrected chi connectivity index (χ2v) is 20.3. The van der Waals surface area contributed by atoms with Gasteiger partial charge in [-0.15, -0.1) is 0 Å². The highest BCUT2D eigenvalue weighted by molar-refractivity contribution is 9.10. The second kappa shape index (κ2) is 15.8. The fourth-order valence-electron chi connectivity index (χ4n) is 12.9. The number of carboxylic acids is 1. The lowest BCUT2D eigenvalue weighted by molar-refractivity contribution is -0.263. The molecule has 4 N–H and O–H groups in total. The Morgan fingerprint density at radius 2 is 1.75 bits per heavy atom. The van der Waals surface area contributed by atoms with Crippen molar-refractivity contribution in [3.05, 3.63) is 46.0 Å². The molecule has 11 heteroatoms. The van der Waals surface area contributed by atoms with Crippen molar-refractivity contribution in [3.8, 4) is 0 Å². The maximum atomic E-state index is 13.7. The molecule has 3 saturated carbocycles. The van der Waals surface area contributed by atoms with Gasteiger partial charge in [0.15, 0.2) is 0 Å². The zero-order valence-electron chi connectivity index (χ0n) is 34.8. The monoisotopic (exact) mass is 840 g/mol. The van der Waals surface area contributed by atoms with E-state index in [4.69, 9.17) is 19.9 Å². The molecule has 1 aliphatic heterocycles. The highest BCUT2D eigenvalue weighted by atomic mass is 79.9. The van der Waals surface area contributed by atoms with E-state index in [-0.39, 0.29) is 34.5 Å². The molecule has 1 saturated heterocycles. The summed E-state index contributed by atoms with van der Waals surface area (Å²) in [5.74, 6) is -1.40. The van der Waals surface area contributed by atoms with Crippen molar-refractivity contribution in [3.63, 3.8) is 0 Å². The van der Waals surface area contributed by atoms with Gasteiger partial charge in [0.2, 0.25) is 0 Å². The molecule has 1 heterocycles. The molecule has 2 bridgehead atoms. The molecule has 1 unspecified atom stereocenters. The Hall–Kier alpha value is -2.76. The number of amides is 1. The number of carboxylic acid groups (broad SMARTS) is 1. The van der Waals surface area contributed by atoms with Gasteiger partial charge >= 0.3 is 17.9 Å². The van der Waals surface area contributed by atoms with Crippen molar-refractivity contribution >= 4 is 39.7 Å². The van der Waals surface area contributed by atoms with E-state index in [1.54, 1.807) is 12.1 Å². The minimum Gasteiger partial charge on any atom is -0.481 e. The molecule has 1 aromatic rings. The van der Waals surface area contributed by atoms with Crippen molar-refractivity contribution in [1.29, 1.82) is 0 Å². The maximum Gasteiger partial charge on any atom is 0.323 e. The zero-order valence-corrected chi connectivity index (χ0v) is 36.3. The van der Waals surface area contributed by atoms with Crippen LogP contribution in [-0.4, -0.2) is 66.9 Å². The van der Waals surface area contributed by atoms with E-state index in [0.717, 1.165) is 30.2 Å². The number of hydrogen-bond acceptors (Lipinski definition) is 8. The van der Waals surface area contributed by atoms with Crippen LogP contribution in [0.5, 0.6) is 0 Å². The lowest BCUT2D eigenvalue weighted by Gasteiger charge is -2.71. The Balaban J connectivity index is 1.21. The highest BCUT2D eigenvalue weighted by Crippen LogP contribution is 2.75. The minimum absolute atomic E-state index is 0.110. The fraction of sp³-hybridized carbons (Fsp3) is 0.733. The van der Waals surface area contributed by atoms with Crippen molar-refractivity contribution in [2.45, 2.75) is 131 Å². The summed E-state index contributed by atoms with van der Waals surface area (Å²) in [6.07, 6.45) is 7.33. The van der Waals surface area contributed by atoms with Gasteiger partial charge in [0.1, 0.15) is 18.2 Å². The van der Waals surface area contributed by atoms with Gasteiger partial charge in [0, 0.05) is 34.3 Å². The summed E-state index contributed by atoms with van der Waals surface area (Å²) in [5.41, 5.74) is 6.23. The number of halogens is 1. The summed E-state index contributed by atoms with van der Waals surface area (Å²) >= 11 is 3.39. The molecule has 310 valence electrons. The fourth-order valence-corrected chi connectivity index (χ4v) is 13.3. The molecule has 5 aliphatic rings. The average molecular weight is 842 g/mol. The van der Waals surface area contributed by atoms with Crippen LogP contribution >= 0.6 is 15.9 Å². The van der Waals surface area contributed by atoms with E-state index < -0.39 is 58.3 Å². The van der Waals surface area contributed by atoms with Crippen molar-refractivity contribution < 1.29 is 38.5 Å². The van der Waals surface area contributed by atoms with Gasteiger partial charge in [-0.2, -0.15) is 0 Å². The first-order valence-corrected chi connectivity index (χ1v) is 21.7. The third-order valence-corrected chi connectivity index (χ3v) is 16.7. The lowest BCUT2D eigenvalue weighted by Crippen LogP contribution is -2.70. The van der Waals surface area contributed by atoms with Crippen LogP contribution < -0.4 is 11.1 Å². The number of ether oxygens (including phenoxy) is 3. The first-order valence-electron chi connectivity index (χ1n) is 20.9. The van der Waals surface area contributed by atoms with Crippen LogP contribution in [0.15, 0.2) is 40.4 Å². The number of fused-ring (bicyclic) bond motifs is 3. The van der Waals surface area contributed by atoms with Gasteiger partial charge in [-0.1, -0.05) is 82.1 Å². The van der Waals surface area contributed by atoms with Crippen LogP contribution in [0, 0.1) is 56.7 Å². The van der Waals surface area contributed by atoms with Gasteiger partial charge < -0.3 is 30.4 Å². The number of hydrogen-bond donors (Lipinski definition) is 3. The predicted molar refractivity (Wildman–Crippen MR) is 217 cm³/mol. The molecule has 4 aliphatic carbocycles. The zero-order chi connectivity index (χ0) is 41.0. The Labute approximate surface area is 341 Å². The number of esters is 2. The van der Waals surface area contributed by atoms with Gasteiger partial charge in [-0.05, 0) is 116 Å². The maximum absolute atomic E-state index is 13.7. The van der Waals surface area contributed by atoms with Gasteiger partial charge in [0.05, 0.1) is 19.1 Å². The molecule has 0 radical (unpaired) electrons. The van der Waals surface area contributed by atoms with Crippen LogP contribution in [0.4, 0.5) is 0 Å². The Kier molecular flexibility index (Phi) is 12.1. The van der Waals surface area contributed by atoms with Crippen LogP contribution in [0.25, 0.3) is 0 Å². The van der Waals surface area contributed by atoms with Gasteiger partial charge in [-0.25, -0.2) is 0 Å². The second-order valence-electron chi connectivity index (χ2n) is 19.4. The number of aliphatic carboxylic acids is 1. The van der Waals surface area contributed by atoms with Gasteiger partial charge in [0.25, 0.3) is 5.91 Å². The number of allylic oxidation sites excluding steroid dienone is 1. The van der Waals surface area contributed by atoms with Crippen molar-refractivity contribution in [1.82, 2.24) is 5.32 Å². The molecular weight excluding hydrogens is 776 g/mol. The van der Waals surface area contributed by atoms with Crippen molar-refractivity contribution in [2.24, 2.45) is 62.4 Å². The number of carbonyl (C=O) groups is 4. The van der Waals surface area contributed by atoms with Gasteiger partial charge in [-0.3, -0.25) is 19.2 Å².